The molecule has 92 valence electrons. The predicted molar refractivity (Wildman–Crippen MR) is 72.8 cm³/mol. The highest BCUT2D eigenvalue weighted by atomic mass is 79.9. The molecule has 1 aromatic carbocycles. The number of hydrogen-bond acceptors (Lipinski definition) is 2. The van der Waals surface area contributed by atoms with Crippen LogP contribution in [0.5, 0.6) is 0 Å². The number of nitrogen functional groups attached to an aromatic ring is 1. The number of benzene rings is 1. The summed E-state index contributed by atoms with van der Waals surface area (Å²) in [7, 11) is 0. The molecule has 4 heteroatoms. The van der Waals surface area contributed by atoms with Gasteiger partial charge in [0, 0.05) is 21.8 Å². The molecule has 1 aliphatic rings. The molecule has 1 fully saturated rings. The fourth-order valence-electron chi connectivity index (χ4n) is 1.96. The summed E-state index contributed by atoms with van der Waals surface area (Å²) in [6.45, 7) is 2.05. The van der Waals surface area contributed by atoms with Crippen LogP contribution in [0.3, 0.4) is 0 Å². The maximum absolute atomic E-state index is 12.0. The normalized spacial score (nSPS) is 16.6. The Labute approximate surface area is 110 Å². The Kier molecular flexibility index (Phi) is 3.72. The highest BCUT2D eigenvalue weighted by Gasteiger charge is 2.24. The molecule has 1 aliphatic carbocycles. The quantitative estimate of drug-likeness (QED) is 0.840. The average molecular weight is 297 g/mol. The molecule has 0 aromatic heterocycles. The minimum Gasteiger partial charge on any atom is -0.399 e. The van der Waals surface area contributed by atoms with E-state index in [1.165, 1.54) is 12.8 Å². The van der Waals surface area contributed by atoms with Crippen molar-refractivity contribution in [2.24, 2.45) is 5.92 Å². The van der Waals surface area contributed by atoms with Crippen molar-refractivity contribution < 1.29 is 4.79 Å². The number of carbonyl (C=O) groups excluding carboxylic acids is 1. The van der Waals surface area contributed by atoms with Gasteiger partial charge in [-0.15, -0.1) is 0 Å². The fraction of sp³-hybridized carbons (Fsp3) is 0.462. The van der Waals surface area contributed by atoms with Gasteiger partial charge in [-0.25, -0.2) is 0 Å². The molecule has 2 rings (SSSR count). The molecule has 0 bridgehead atoms. The Hall–Kier alpha value is -1.03. The van der Waals surface area contributed by atoms with E-state index in [2.05, 4.69) is 28.2 Å². The van der Waals surface area contributed by atoms with E-state index in [1.54, 1.807) is 18.2 Å². The lowest BCUT2D eigenvalue weighted by Crippen LogP contribution is -2.32. The van der Waals surface area contributed by atoms with Crippen molar-refractivity contribution in [3.05, 3.63) is 28.2 Å². The van der Waals surface area contributed by atoms with Gasteiger partial charge in [0.2, 0.25) is 0 Å². The standard InChI is InChI=1S/C13H17BrN2O/c1-8(4-9-2-3-9)16-13(17)10-5-11(14)7-12(15)6-10/h5-9H,2-4,15H2,1H3,(H,16,17). The van der Waals surface area contributed by atoms with Crippen molar-refractivity contribution in [1.29, 1.82) is 0 Å². The van der Waals surface area contributed by atoms with Gasteiger partial charge in [-0.3, -0.25) is 4.79 Å². The van der Waals surface area contributed by atoms with Crippen LogP contribution in [0.2, 0.25) is 0 Å². The van der Waals surface area contributed by atoms with Gasteiger partial charge >= 0.3 is 0 Å². The fourth-order valence-corrected chi connectivity index (χ4v) is 2.47. The van der Waals surface area contributed by atoms with Crippen LogP contribution in [0.1, 0.15) is 36.5 Å². The smallest absolute Gasteiger partial charge is 0.251 e. The van der Waals surface area contributed by atoms with Crippen LogP contribution >= 0.6 is 15.9 Å². The van der Waals surface area contributed by atoms with E-state index in [1.807, 2.05) is 0 Å². The van der Waals surface area contributed by atoms with Crippen molar-refractivity contribution in [3.63, 3.8) is 0 Å². The number of nitrogens with two attached hydrogens (primary N) is 1. The first-order chi connectivity index (χ1) is 8.04. The number of anilines is 1. The van der Waals surface area contributed by atoms with Crippen LogP contribution in [-0.4, -0.2) is 11.9 Å². The number of rotatable bonds is 4. The first-order valence-electron chi connectivity index (χ1n) is 5.91. The second-order valence-electron chi connectivity index (χ2n) is 4.83. The van der Waals surface area contributed by atoms with E-state index in [4.69, 9.17) is 5.73 Å². The largest absolute Gasteiger partial charge is 0.399 e. The van der Waals surface area contributed by atoms with Crippen LogP contribution in [0.25, 0.3) is 0 Å². The summed E-state index contributed by atoms with van der Waals surface area (Å²) in [5.74, 6) is 0.768. The molecule has 1 unspecified atom stereocenters. The van der Waals surface area contributed by atoms with E-state index in [-0.39, 0.29) is 11.9 Å². The number of halogens is 1. The number of nitrogens with one attached hydrogen (secondary N) is 1. The molecule has 3 nitrogen and oxygen atoms in total. The molecular formula is C13H17BrN2O. The van der Waals surface area contributed by atoms with Gasteiger partial charge in [-0.05, 0) is 37.5 Å². The summed E-state index contributed by atoms with van der Waals surface area (Å²) >= 11 is 3.34. The van der Waals surface area contributed by atoms with Crippen molar-refractivity contribution in [3.8, 4) is 0 Å². The predicted octanol–water partition coefficient (Wildman–Crippen LogP) is 2.95. The van der Waals surface area contributed by atoms with Crippen LogP contribution in [0, 0.1) is 5.92 Å². The average Bonchev–Trinajstić information content (AvgIpc) is 2.99. The maximum atomic E-state index is 12.0. The van der Waals surface area contributed by atoms with Crippen LogP contribution in [0.4, 0.5) is 5.69 Å². The van der Waals surface area contributed by atoms with Gasteiger partial charge in [-0.2, -0.15) is 0 Å². The lowest BCUT2D eigenvalue weighted by atomic mass is 10.1. The minimum absolute atomic E-state index is 0.0499. The van der Waals surface area contributed by atoms with Crippen molar-refractivity contribution in [2.45, 2.75) is 32.2 Å². The molecule has 0 aliphatic heterocycles. The molecule has 1 amide bonds. The Bertz CT molecular complexity index is 409. The number of carbonyl (C=O) groups is 1. The Balaban J connectivity index is 1.97. The number of amides is 1. The van der Waals surface area contributed by atoms with Crippen LogP contribution < -0.4 is 11.1 Å². The topological polar surface area (TPSA) is 55.1 Å². The maximum Gasteiger partial charge on any atom is 0.251 e. The second kappa shape index (κ2) is 5.08. The summed E-state index contributed by atoms with van der Waals surface area (Å²) in [6, 6.07) is 5.50. The van der Waals surface area contributed by atoms with Gasteiger partial charge in [0.1, 0.15) is 0 Å². The van der Waals surface area contributed by atoms with Gasteiger partial charge in [-0.1, -0.05) is 28.8 Å². The van der Waals surface area contributed by atoms with Gasteiger partial charge in [0.05, 0.1) is 0 Å². The zero-order chi connectivity index (χ0) is 12.4. The van der Waals surface area contributed by atoms with Crippen LogP contribution in [-0.2, 0) is 0 Å². The zero-order valence-electron chi connectivity index (χ0n) is 9.87. The van der Waals surface area contributed by atoms with Gasteiger partial charge in [0.15, 0.2) is 0 Å². The molecule has 1 aromatic rings. The third-order valence-electron chi connectivity index (χ3n) is 2.94. The van der Waals surface area contributed by atoms with E-state index < -0.39 is 0 Å². The highest BCUT2D eigenvalue weighted by molar-refractivity contribution is 9.10. The Morgan fingerprint density at radius 1 is 1.53 bits per heavy atom. The van der Waals surface area contributed by atoms with Crippen molar-refractivity contribution >= 4 is 27.5 Å². The third-order valence-corrected chi connectivity index (χ3v) is 3.40. The molecule has 0 saturated heterocycles. The molecule has 0 radical (unpaired) electrons. The van der Waals surface area contributed by atoms with E-state index in [0.29, 0.717) is 11.3 Å². The lowest BCUT2D eigenvalue weighted by Gasteiger charge is -2.13. The second-order valence-corrected chi connectivity index (χ2v) is 5.74. The monoisotopic (exact) mass is 296 g/mol. The van der Waals surface area contributed by atoms with E-state index in [9.17, 15) is 4.79 Å². The molecule has 0 heterocycles. The zero-order valence-corrected chi connectivity index (χ0v) is 11.5. The summed E-state index contributed by atoms with van der Waals surface area (Å²) in [5, 5.41) is 3.01. The molecule has 17 heavy (non-hydrogen) atoms. The lowest BCUT2D eigenvalue weighted by molar-refractivity contribution is 0.0937. The summed E-state index contributed by atoms with van der Waals surface area (Å²) in [6.07, 6.45) is 3.70. The van der Waals surface area contributed by atoms with Gasteiger partial charge in [0.25, 0.3) is 5.91 Å². The van der Waals surface area contributed by atoms with Crippen LogP contribution in [0.15, 0.2) is 22.7 Å². The van der Waals surface area contributed by atoms with Crippen molar-refractivity contribution in [2.75, 3.05) is 5.73 Å². The summed E-state index contributed by atoms with van der Waals surface area (Å²) < 4.78 is 0.831. The first-order valence-corrected chi connectivity index (χ1v) is 6.71. The first kappa shape index (κ1) is 12.4. The molecule has 0 spiro atoms. The van der Waals surface area contributed by atoms with E-state index in [0.717, 1.165) is 16.8 Å². The third kappa shape index (κ3) is 3.73. The summed E-state index contributed by atoms with van der Waals surface area (Å²) in [4.78, 5) is 12.0. The van der Waals surface area contributed by atoms with Crippen molar-refractivity contribution in [1.82, 2.24) is 5.32 Å². The molecule has 1 atom stereocenters. The molecular weight excluding hydrogens is 280 g/mol. The molecule has 1 saturated carbocycles. The Morgan fingerprint density at radius 2 is 2.24 bits per heavy atom. The summed E-state index contributed by atoms with van der Waals surface area (Å²) in [5.41, 5.74) is 6.92. The SMILES string of the molecule is CC(CC1CC1)NC(=O)c1cc(N)cc(Br)c1. The van der Waals surface area contributed by atoms with Gasteiger partial charge < -0.3 is 11.1 Å². The number of hydrogen-bond donors (Lipinski definition) is 2. The van der Waals surface area contributed by atoms with E-state index >= 15 is 0 Å². The molecule has 3 N–H and O–H groups in total. The highest BCUT2D eigenvalue weighted by Crippen LogP contribution is 2.33. The Morgan fingerprint density at radius 3 is 2.82 bits per heavy atom. The minimum atomic E-state index is -0.0499.